The molecule has 2 atom stereocenters. The van der Waals surface area contributed by atoms with Crippen molar-refractivity contribution in [3.63, 3.8) is 0 Å². The van der Waals surface area contributed by atoms with Gasteiger partial charge in [-0.25, -0.2) is 4.98 Å². The highest BCUT2D eigenvalue weighted by Gasteiger charge is 2.53. The van der Waals surface area contributed by atoms with Gasteiger partial charge >= 0.3 is 0 Å². The van der Waals surface area contributed by atoms with E-state index in [2.05, 4.69) is 46.9 Å². The second-order valence-electron chi connectivity index (χ2n) is 5.19. The zero-order valence-electron chi connectivity index (χ0n) is 8.55. The minimum Gasteiger partial charge on any atom is -0.245 e. The molecular weight excluding hydrogens is 238 g/mol. The van der Waals surface area contributed by atoms with Crippen LogP contribution in [0.2, 0.25) is 0 Å². The molecule has 74 valence electrons. The predicted octanol–water partition coefficient (Wildman–Crippen LogP) is 3.53. The Balaban J connectivity index is 2.13. The minimum absolute atomic E-state index is 0.487. The molecule has 0 saturated heterocycles. The highest BCUT2D eigenvalue weighted by molar-refractivity contribution is 9.10. The lowest BCUT2D eigenvalue weighted by atomic mass is 9.48. The van der Waals surface area contributed by atoms with E-state index in [4.69, 9.17) is 0 Å². The SMILES string of the molecule is CC1(C)[C@H]2Cc3ccc(Br)nc3[C@@H]1C2. The molecule has 0 aromatic carbocycles. The molecule has 0 aliphatic heterocycles. The Morgan fingerprint density at radius 2 is 2.21 bits per heavy atom. The summed E-state index contributed by atoms with van der Waals surface area (Å²) in [6.07, 6.45) is 2.59. The van der Waals surface area contributed by atoms with Gasteiger partial charge in [-0.1, -0.05) is 19.9 Å². The summed E-state index contributed by atoms with van der Waals surface area (Å²) in [5, 5.41) is 0. The largest absolute Gasteiger partial charge is 0.245 e. The van der Waals surface area contributed by atoms with Crippen LogP contribution in [-0.2, 0) is 6.42 Å². The number of rotatable bonds is 0. The van der Waals surface area contributed by atoms with Crippen LogP contribution in [0.15, 0.2) is 16.7 Å². The number of aromatic nitrogens is 1. The van der Waals surface area contributed by atoms with Gasteiger partial charge in [-0.15, -0.1) is 0 Å². The van der Waals surface area contributed by atoms with Gasteiger partial charge in [-0.3, -0.25) is 0 Å². The van der Waals surface area contributed by atoms with E-state index in [0.29, 0.717) is 11.3 Å². The first-order valence-corrected chi connectivity index (χ1v) is 6.03. The van der Waals surface area contributed by atoms with Gasteiger partial charge in [0.15, 0.2) is 0 Å². The van der Waals surface area contributed by atoms with Crippen LogP contribution in [0.3, 0.4) is 0 Å². The van der Waals surface area contributed by atoms with Crippen molar-refractivity contribution < 1.29 is 0 Å². The van der Waals surface area contributed by atoms with Crippen molar-refractivity contribution in [1.82, 2.24) is 4.98 Å². The molecule has 1 aromatic rings. The quantitative estimate of drug-likeness (QED) is 0.643. The smallest absolute Gasteiger partial charge is 0.106 e. The van der Waals surface area contributed by atoms with Crippen molar-refractivity contribution in [2.24, 2.45) is 11.3 Å². The van der Waals surface area contributed by atoms with Gasteiger partial charge in [0.05, 0.1) is 0 Å². The molecule has 14 heavy (non-hydrogen) atoms. The second kappa shape index (κ2) is 2.60. The minimum atomic E-state index is 0.487. The first-order valence-electron chi connectivity index (χ1n) is 5.24. The molecule has 0 spiro atoms. The lowest BCUT2D eigenvalue weighted by Gasteiger charge is -2.56. The summed E-state index contributed by atoms with van der Waals surface area (Å²) in [4.78, 5) is 4.64. The third-order valence-electron chi connectivity index (χ3n) is 4.25. The second-order valence-corrected chi connectivity index (χ2v) is 6.00. The van der Waals surface area contributed by atoms with Gasteiger partial charge in [0.1, 0.15) is 4.60 Å². The van der Waals surface area contributed by atoms with Gasteiger partial charge in [0.2, 0.25) is 0 Å². The average Bonchev–Trinajstić information content (AvgIpc) is 2.16. The fourth-order valence-electron chi connectivity index (χ4n) is 3.05. The standard InChI is InChI=1S/C12H14BrN/c1-12(2)8-5-7-3-4-10(13)14-11(7)9(12)6-8/h3-4,8-9H,5-6H2,1-2H3/t8-,9-/m0/s1. The first-order chi connectivity index (χ1) is 6.59. The molecule has 3 aliphatic carbocycles. The van der Waals surface area contributed by atoms with Crippen molar-refractivity contribution >= 4 is 15.9 Å². The summed E-state index contributed by atoms with van der Waals surface area (Å²) >= 11 is 3.46. The lowest BCUT2D eigenvalue weighted by molar-refractivity contribution is 0.0154. The number of nitrogens with zero attached hydrogens (tertiary/aromatic N) is 1. The molecule has 1 fully saturated rings. The van der Waals surface area contributed by atoms with E-state index in [1.165, 1.54) is 24.1 Å². The van der Waals surface area contributed by atoms with Gasteiger partial charge < -0.3 is 0 Å². The summed E-state index contributed by atoms with van der Waals surface area (Å²) in [7, 11) is 0. The average molecular weight is 252 g/mol. The summed E-state index contributed by atoms with van der Waals surface area (Å²) in [6.45, 7) is 4.77. The summed E-state index contributed by atoms with van der Waals surface area (Å²) in [6, 6.07) is 4.30. The van der Waals surface area contributed by atoms with Crippen LogP contribution >= 0.6 is 15.9 Å². The Hall–Kier alpha value is -0.370. The highest BCUT2D eigenvalue weighted by atomic mass is 79.9. The van der Waals surface area contributed by atoms with Crippen molar-refractivity contribution in [2.75, 3.05) is 0 Å². The van der Waals surface area contributed by atoms with Crippen LogP contribution in [0.25, 0.3) is 0 Å². The summed E-state index contributed by atoms with van der Waals surface area (Å²) in [5.41, 5.74) is 3.32. The van der Waals surface area contributed by atoms with Gasteiger partial charge in [-0.2, -0.15) is 0 Å². The van der Waals surface area contributed by atoms with Gasteiger partial charge in [0.25, 0.3) is 0 Å². The molecule has 2 heteroatoms. The molecule has 1 heterocycles. The maximum atomic E-state index is 4.64. The molecule has 0 radical (unpaired) electrons. The highest BCUT2D eigenvalue weighted by Crippen LogP contribution is 2.61. The van der Waals surface area contributed by atoms with E-state index in [9.17, 15) is 0 Å². The number of pyridine rings is 1. The lowest BCUT2D eigenvalue weighted by Crippen LogP contribution is -2.48. The normalized spacial score (nSPS) is 31.9. The summed E-state index contributed by atoms with van der Waals surface area (Å²) < 4.78 is 0.984. The van der Waals surface area contributed by atoms with E-state index < -0.39 is 0 Å². The Kier molecular flexibility index (Phi) is 1.65. The van der Waals surface area contributed by atoms with Crippen LogP contribution < -0.4 is 0 Å². The number of hydrogen-bond donors (Lipinski definition) is 0. The summed E-state index contributed by atoms with van der Waals surface area (Å²) in [5.74, 6) is 1.59. The van der Waals surface area contributed by atoms with Crippen molar-refractivity contribution in [3.8, 4) is 0 Å². The molecule has 0 unspecified atom stereocenters. The third-order valence-corrected chi connectivity index (χ3v) is 4.69. The maximum Gasteiger partial charge on any atom is 0.106 e. The van der Waals surface area contributed by atoms with Gasteiger partial charge in [-0.05, 0) is 51.7 Å². The van der Waals surface area contributed by atoms with E-state index in [0.717, 1.165) is 10.5 Å². The van der Waals surface area contributed by atoms with E-state index in [1.807, 2.05) is 0 Å². The number of hydrogen-bond acceptors (Lipinski definition) is 1. The Morgan fingerprint density at radius 3 is 2.93 bits per heavy atom. The first kappa shape index (κ1) is 8.90. The fourth-order valence-corrected chi connectivity index (χ4v) is 3.37. The Bertz CT molecular complexity index is 397. The van der Waals surface area contributed by atoms with E-state index >= 15 is 0 Å². The van der Waals surface area contributed by atoms with Crippen LogP contribution in [-0.4, -0.2) is 4.98 Å². The molecule has 1 saturated carbocycles. The topological polar surface area (TPSA) is 12.9 Å². The monoisotopic (exact) mass is 251 g/mol. The van der Waals surface area contributed by atoms with E-state index in [-0.39, 0.29) is 0 Å². The van der Waals surface area contributed by atoms with Gasteiger partial charge in [0, 0.05) is 11.6 Å². The van der Waals surface area contributed by atoms with Crippen LogP contribution in [0.5, 0.6) is 0 Å². The zero-order valence-corrected chi connectivity index (χ0v) is 10.1. The molecule has 3 aliphatic rings. The van der Waals surface area contributed by atoms with Crippen LogP contribution in [0.1, 0.15) is 37.4 Å². The fraction of sp³-hybridized carbons (Fsp3) is 0.583. The van der Waals surface area contributed by atoms with Crippen molar-refractivity contribution in [2.45, 2.75) is 32.6 Å². The molecular formula is C12H14BrN. The molecule has 1 nitrogen and oxygen atoms in total. The molecule has 1 aromatic heterocycles. The Labute approximate surface area is 93.1 Å². The zero-order chi connectivity index (χ0) is 9.92. The molecule has 0 N–H and O–H groups in total. The van der Waals surface area contributed by atoms with Crippen molar-refractivity contribution in [3.05, 3.63) is 28.0 Å². The predicted molar refractivity (Wildman–Crippen MR) is 60.3 cm³/mol. The molecule has 0 amide bonds. The number of halogens is 1. The van der Waals surface area contributed by atoms with Crippen LogP contribution in [0.4, 0.5) is 0 Å². The molecule has 4 rings (SSSR count). The third kappa shape index (κ3) is 0.979. The Morgan fingerprint density at radius 1 is 1.43 bits per heavy atom. The van der Waals surface area contributed by atoms with Crippen molar-refractivity contribution in [1.29, 1.82) is 0 Å². The molecule has 2 bridgehead atoms. The van der Waals surface area contributed by atoms with Crippen LogP contribution in [0, 0.1) is 11.3 Å². The van der Waals surface area contributed by atoms with E-state index in [1.54, 1.807) is 0 Å². The maximum absolute atomic E-state index is 4.64.